The number of benzene rings is 1. The Morgan fingerprint density at radius 1 is 1.25 bits per heavy atom. The second kappa shape index (κ2) is 8.36. The monoisotopic (exact) mass is 270 g/mol. The summed E-state index contributed by atoms with van der Waals surface area (Å²) >= 11 is 0. The fourth-order valence-electron chi connectivity index (χ4n) is 2.44. The van der Waals surface area contributed by atoms with Crippen molar-refractivity contribution < 1.29 is 38.2 Å². The van der Waals surface area contributed by atoms with Gasteiger partial charge in [0.15, 0.2) is 0 Å². The number of ether oxygens (including phenoxy) is 2. The molecule has 1 aromatic carbocycles. The first-order valence-corrected chi connectivity index (χ1v) is 6.70. The van der Waals surface area contributed by atoms with E-state index in [-0.39, 0.29) is 18.9 Å². The van der Waals surface area contributed by atoms with Crippen LogP contribution in [-0.2, 0) is 9.53 Å². The van der Waals surface area contributed by atoms with Gasteiger partial charge >= 0.3 is 18.9 Å². The van der Waals surface area contributed by atoms with E-state index in [1.165, 1.54) is 0 Å². The van der Waals surface area contributed by atoms with Gasteiger partial charge in [-0.2, -0.15) is 0 Å². The number of carbonyl (C=O) groups excluding carboxylic acids is 1. The number of hydrogen-bond acceptors (Lipinski definition) is 4. The molecule has 1 saturated heterocycles. The van der Waals surface area contributed by atoms with E-state index >= 15 is 0 Å². The van der Waals surface area contributed by atoms with Gasteiger partial charge in [-0.3, -0.25) is 0 Å². The Hall–Kier alpha value is -0.953. The van der Waals surface area contributed by atoms with Gasteiger partial charge in [-0.1, -0.05) is 18.2 Å². The summed E-state index contributed by atoms with van der Waals surface area (Å²) in [6, 6.07) is 9.54. The summed E-state index contributed by atoms with van der Waals surface area (Å²) in [5.74, 6) is -0.132. The zero-order valence-electron chi connectivity index (χ0n) is 12.0. The number of carbonyl (C=O) groups is 1. The molecular formula is C15H19LiO4. The zero-order chi connectivity index (χ0) is 13.6. The Morgan fingerprint density at radius 2 is 1.90 bits per heavy atom. The topological polar surface area (TPSA) is 58.6 Å². The maximum Gasteiger partial charge on any atom is 1.00 e. The van der Waals surface area contributed by atoms with Crippen LogP contribution in [-0.4, -0.2) is 25.8 Å². The molecule has 4 nitrogen and oxygen atoms in total. The Balaban J connectivity index is 0.00000200. The van der Waals surface area contributed by atoms with Gasteiger partial charge in [-0.25, -0.2) is 0 Å². The number of hydrogen-bond donors (Lipinski definition) is 0. The third kappa shape index (κ3) is 4.55. The van der Waals surface area contributed by atoms with Crippen LogP contribution in [0.2, 0.25) is 0 Å². The summed E-state index contributed by atoms with van der Waals surface area (Å²) < 4.78 is 10.8. The minimum absolute atomic E-state index is 0. The number of carboxylic acid groups (broad SMARTS) is 1. The fourth-order valence-corrected chi connectivity index (χ4v) is 2.44. The molecule has 0 bridgehead atoms. The van der Waals surface area contributed by atoms with Crippen molar-refractivity contribution >= 4 is 5.97 Å². The van der Waals surface area contributed by atoms with E-state index in [0.29, 0.717) is 45.5 Å². The molecule has 2 rings (SSSR count). The second-order valence-electron chi connectivity index (χ2n) is 4.95. The Labute approximate surface area is 131 Å². The first-order valence-electron chi connectivity index (χ1n) is 6.70. The first kappa shape index (κ1) is 17.1. The largest absolute Gasteiger partial charge is 1.00 e. The number of para-hydroxylation sites is 1. The molecule has 0 unspecified atom stereocenters. The van der Waals surface area contributed by atoms with Crippen LogP contribution in [0.5, 0.6) is 5.75 Å². The molecule has 0 radical (unpaired) electrons. The molecule has 0 atom stereocenters. The molecule has 1 heterocycles. The number of carboxylic acids is 1. The van der Waals surface area contributed by atoms with Crippen molar-refractivity contribution in [2.75, 3.05) is 19.8 Å². The maximum atomic E-state index is 11.3. The minimum Gasteiger partial charge on any atom is -0.550 e. The second-order valence-corrected chi connectivity index (χ2v) is 4.95. The molecule has 1 fully saturated rings. The molecule has 0 amide bonds. The van der Waals surface area contributed by atoms with E-state index in [9.17, 15) is 9.90 Å². The molecule has 1 aromatic rings. The zero-order valence-corrected chi connectivity index (χ0v) is 12.0. The predicted molar refractivity (Wildman–Crippen MR) is 68.7 cm³/mol. The van der Waals surface area contributed by atoms with Crippen molar-refractivity contribution in [2.45, 2.75) is 25.7 Å². The molecule has 1 aliphatic heterocycles. The Bertz CT molecular complexity index is 402. The maximum absolute atomic E-state index is 11.3. The quantitative estimate of drug-likeness (QED) is 0.461. The van der Waals surface area contributed by atoms with E-state index in [0.717, 1.165) is 5.75 Å². The van der Waals surface area contributed by atoms with Crippen molar-refractivity contribution in [1.29, 1.82) is 0 Å². The van der Waals surface area contributed by atoms with Gasteiger partial charge in [-0.15, -0.1) is 0 Å². The van der Waals surface area contributed by atoms with Gasteiger partial charge in [0.05, 0.1) is 6.61 Å². The van der Waals surface area contributed by atoms with Gasteiger partial charge in [0, 0.05) is 24.6 Å². The van der Waals surface area contributed by atoms with Gasteiger partial charge in [0.2, 0.25) is 0 Å². The van der Waals surface area contributed by atoms with Crippen LogP contribution in [0.15, 0.2) is 30.3 Å². The van der Waals surface area contributed by atoms with Crippen LogP contribution in [0.25, 0.3) is 0 Å². The predicted octanol–water partition coefficient (Wildman–Crippen LogP) is -1.60. The summed E-state index contributed by atoms with van der Waals surface area (Å²) in [7, 11) is 0. The minimum atomic E-state index is -0.949. The molecule has 0 spiro atoms. The van der Waals surface area contributed by atoms with Crippen molar-refractivity contribution in [3.8, 4) is 5.75 Å². The fraction of sp³-hybridized carbons (Fsp3) is 0.533. The van der Waals surface area contributed by atoms with Crippen molar-refractivity contribution in [3.05, 3.63) is 30.3 Å². The smallest absolute Gasteiger partial charge is 0.550 e. The van der Waals surface area contributed by atoms with Gasteiger partial charge in [0.1, 0.15) is 5.75 Å². The molecule has 5 heteroatoms. The van der Waals surface area contributed by atoms with E-state index in [1.54, 1.807) is 0 Å². The van der Waals surface area contributed by atoms with Crippen molar-refractivity contribution in [1.82, 2.24) is 0 Å². The van der Waals surface area contributed by atoms with E-state index in [2.05, 4.69) is 0 Å². The van der Waals surface area contributed by atoms with Crippen molar-refractivity contribution in [3.63, 3.8) is 0 Å². The van der Waals surface area contributed by atoms with Crippen LogP contribution in [0.4, 0.5) is 0 Å². The first-order chi connectivity index (χ1) is 9.23. The van der Waals surface area contributed by atoms with Crippen LogP contribution in [0.1, 0.15) is 25.7 Å². The van der Waals surface area contributed by atoms with Gasteiger partial charge in [0.25, 0.3) is 0 Å². The standard InChI is InChI=1S/C15H20O4.Li/c16-14(17)15(8-11-18-12-9-15)7-4-10-19-13-5-2-1-3-6-13;/h1-3,5-6H,4,7-12H2,(H,16,17);/q;+1/p-1. The van der Waals surface area contributed by atoms with E-state index < -0.39 is 11.4 Å². The molecule has 0 saturated carbocycles. The number of rotatable bonds is 6. The number of aliphatic carboxylic acids is 1. The average molecular weight is 270 g/mol. The summed E-state index contributed by atoms with van der Waals surface area (Å²) in [6.07, 6.45) is 2.38. The molecule has 0 aliphatic carbocycles. The van der Waals surface area contributed by atoms with Gasteiger partial charge in [-0.05, 0) is 37.8 Å². The van der Waals surface area contributed by atoms with E-state index in [1.807, 2.05) is 30.3 Å². The van der Waals surface area contributed by atoms with Crippen LogP contribution in [0.3, 0.4) is 0 Å². The third-order valence-corrected chi connectivity index (χ3v) is 3.69. The van der Waals surface area contributed by atoms with Crippen LogP contribution < -0.4 is 28.7 Å². The molecule has 104 valence electrons. The molecule has 0 aromatic heterocycles. The van der Waals surface area contributed by atoms with Crippen molar-refractivity contribution in [2.24, 2.45) is 5.41 Å². The molecule has 20 heavy (non-hydrogen) atoms. The SMILES string of the molecule is O=C([O-])C1(CCCOc2ccccc2)CCOCC1.[Li+]. The summed E-state index contributed by atoms with van der Waals surface area (Å²) in [5, 5.41) is 11.3. The average Bonchev–Trinajstić information content (AvgIpc) is 2.46. The Morgan fingerprint density at radius 3 is 2.50 bits per heavy atom. The third-order valence-electron chi connectivity index (χ3n) is 3.69. The summed E-state index contributed by atoms with van der Waals surface area (Å²) in [4.78, 5) is 11.3. The van der Waals surface area contributed by atoms with Gasteiger partial charge < -0.3 is 19.4 Å². The summed E-state index contributed by atoms with van der Waals surface area (Å²) in [5.41, 5.74) is -0.724. The Kier molecular flexibility index (Phi) is 7.15. The van der Waals surface area contributed by atoms with E-state index in [4.69, 9.17) is 9.47 Å². The molecular weight excluding hydrogens is 251 g/mol. The summed E-state index contributed by atoms with van der Waals surface area (Å²) in [6.45, 7) is 1.54. The molecule has 0 N–H and O–H groups in total. The normalized spacial score (nSPS) is 17.0. The molecule has 1 aliphatic rings. The van der Waals surface area contributed by atoms with Crippen LogP contribution in [0, 0.1) is 5.41 Å². The van der Waals surface area contributed by atoms with Crippen LogP contribution >= 0.6 is 0 Å².